The maximum absolute atomic E-state index is 12.3. The first-order valence-electron chi connectivity index (χ1n) is 8.31. The molecule has 2 aromatic carbocycles. The van der Waals surface area contributed by atoms with Crippen molar-refractivity contribution >= 4 is 16.7 Å². The molecule has 0 radical (unpaired) electrons. The molecule has 2 unspecified atom stereocenters. The molecule has 0 saturated carbocycles. The predicted molar refractivity (Wildman–Crippen MR) is 92.2 cm³/mol. The number of rotatable bonds is 4. The highest BCUT2D eigenvalue weighted by Crippen LogP contribution is 2.24. The molecule has 1 heterocycles. The molecular weight excluding hydrogens is 288 g/mol. The second-order valence-electron chi connectivity index (χ2n) is 6.39. The molecule has 0 aromatic heterocycles. The second-order valence-corrected chi connectivity index (χ2v) is 6.39. The first-order valence-corrected chi connectivity index (χ1v) is 8.31. The summed E-state index contributed by atoms with van der Waals surface area (Å²) in [6.45, 7) is 3.85. The number of nitrogens with zero attached hydrogens (tertiary/aromatic N) is 1. The molecule has 0 aliphatic carbocycles. The zero-order chi connectivity index (χ0) is 16.2. The Labute approximate surface area is 137 Å². The zero-order valence-corrected chi connectivity index (χ0v) is 13.5. The minimum atomic E-state index is -0.299. The van der Waals surface area contributed by atoms with Crippen LogP contribution >= 0.6 is 0 Å². The third kappa shape index (κ3) is 3.89. The normalized spacial score (nSPS) is 20.3. The third-order valence-corrected chi connectivity index (χ3v) is 4.52. The van der Waals surface area contributed by atoms with Gasteiger partial charge >= 0.3 is 0 Å². The highest BCUT2D eigenvalue weighted by Gasteiger charge is 2.20. The van der Waals surface area contributed by atoms with E-state index < -0.39 is 0 Å². The Morgan fingerprint density at radius 3 is 2.91 bits per heavy atom. The van der Waals surface area contributed by atoms with Gasteiger partial charge in [0.15, 0.2) is 0 Å². The average molecular weight is 312 g/mol. The Morgan fingerprint density at radius 1 is 1.30 bits per heavy atom. The number of nitrogens with one attached hydrogen (secondary N) is 1. The molecule has 1 aliphatic rings. The van der Waals surface area contributed by atoms with Gasteiger partial charge in [-0.05, 0) is 42.6 Å². The van der Waals surface area contributed by atoms with Crippen molar-refractivity contribution in [1.29, 1.82) is 0 Å². The van der Waals surface area contributed by atoms with E-state index in [1.807, 2.05) is 30.0 Å². The quantitative estimate of drug-likeness (QED) is 0.912. The number of aliphatic hydroxyl groups excluding tert-OH is 1. The number of benzene rings is 2. The number of aliphatic hydroxyl groups is 1. The molecule has 0 bridgehead atoms. The predicted octanol–water partition coefficient (Wildman–Crippen LogP) is 2.47. The Hall–Kier alpha value is -1.91. The van der Waals surface area contributed by atoms with Gasteiger partial charge in [0, 0.05) is 6.54 Å². The average Bonchev–Trinajstić information content (AvgIpc) is 2.54. The minimum Gasteiger partial charge on any atom is -0.392 e. The van der Waals surface area contributed by atoms with Crippen LogP contribution in [0.1, 0.15) is 31.4 Å². The van der Waals surface area contributed by atoms with E-state index in [0.717, 1.165) is 24.9 Å². The maximum Gasteiger partial charge on any atom is 0.234 e. The Kier molecular flexibility index (Phi) is 4.94. The monoisotopic (exact) mass is 312 g/mol. The fraction of sp³-hybridized carbons (Fsp3) is 0.421. The van der Waals surface area contributed by atoms with Crippen LogP contribution in [0, 0.1) is 0 Å². The van der Waals surface area contributed by atoms with E-state index >= 15 is 0 Å². The summed E-state index contributed by atoms with van der Waals surface area (Å²) >= 11 is 0. The molecule has 4 heteroatoms. The van der Waals surface area contributed by atoms with Crippen molar-refractivity contribution in [2.75, 3.05) is 19.6 Å². The fourth-order valence-electron chi connectivity index (χ4n) is 3.37. The van der Waals surface area contributed by atoms with Crippen LogP contribution in [0.4, 0.5) is 0 Å². The van der Waals surface area contributed by atoms with E-state index in [4.69, 9.17) is 0 Å². The van der Waals surface area contributed by atoms with Gasteiger partial charge in [-0.2, -0.15) is 0 Å². The molecule has 1 fully saturated rings. The summed E-state index contributed by atoms with van der Waals surface area (Å²) in [5, 5.41) is 15.1. The lowest BCUT2D eigenvalue weighted by molar-refractivity contribution is -0.123. The molecule has 3 rings (SSSR count). The number of piperidine rings is 1. The van der Waals surface area contributed by atoms with Crippen molar-refractivity contribution in [2.45, 2.75) is 31.9 Å². The Balaban J connectivity index is 1.66. The van der Waals surface area contributed by atoms with Gasteiger partial charge in [0.05, 0.1) is 18.7 Å². The molecule has 2 atom stereocenters. The van der Waals surface area contributed by atoms with Crippen molar-refractivity contribution in [2.24, 2.45) is 0 Å². The summed E-state index contributed by atoms with van der Waals surface area (Å²) in [5.41, 5.74) is 1.13. The van der Waals surface area contributed by atoms with Gasteiger partial charge in [-0.25, -0.2) is 0 Å². The van der Waals surface area contributed by atoms with Crippen molar-refractivity contribution in [3.05, 3.63) is 48.0 Å². The number of likely N-dealkylation sites (tertiary alicyclic amines) is 1. The van der Waals surface area contributed by atoms with E-state index in [9.17, 15) is 9.90 Å². The first kappa shape index (κ1) is 16.0. The van der Waals surface area contributed by atoms with Crippen LogP contribution in [0.3, 0.4) is 0 Å². The lowest BCUT2D eigenvalue weighted by Gasteiger charge is -2.29. The number of hydrogen-bond donors (Lipinski definition) is 2. The van der Waals surface area contributed by atoms with Gasteiger partial charge in [-0.1, -0.05) is 42.5 Å². The van der Waals surface area contributed by atoms with Crippen molar-refractivity contribution < 1.29 is 9.90 Å². The zero-order valence-electron chi connectivity index (χ0n) is 13.5. The summed E-state index contributed by atoms with van der Waals surface area (Å²) in [5.74, 6) is 0.0135. The summed E-state index contributed by atoms with van der Waals surface area (Å²) in [6.07, 6.45) is 1.49. The molecule has 2 aromatic rings. The molecule has 23 heavy (non-hydrogen) atoms. The molecule has 1 amide bonds. The topological polar surface area (TPSA) is 52.6 Å². The Bertz CT molecular complexity index is 681. The standard InChI is InChI=1S/C19H24N2O2/c1-14(17-10-4-7-15-6-2-3-9-18(15)17)20-19(23)13-21-11-5-8-16(22)12-21/h2-4,6-7,9-10,14,16,22H,5,8,11-13H2,1H3,(H,20,23). The highest BCUT2D eigenvalue weighted by atomic mass is 16.3. The van der Waals surface area contributed by atoms with Gasteiger partial charge < -0.3 is 10.4 Å². The van der Waals surface area contributed by atoms with Crippen molar-refractivity contribution in [3.8, 4) is 0 Å². The fourth-order valence-corrected chi connectivity index (χ4v) is 3.37. The van der Waals surface area contributed by atoms with Crippen LogP contribution in [-0.4, -0.2) is 41.7 Å². The molecule has 0 spiro atoms. The minimum absolute atomic E-state index is 0.0135. The third-order valence-electron chi connectivity index (χ3n) is 4.52. The Morgan fingerprint density at radius 2 is 2.09 bits per heavy atom. The van der Waals surface area contributed by atoms with Gasteiger partial charge in [-0.15, -0.1) is 0 Å². The van der Waals surface area contributed by atoms with Crippen molar-refractivity contribution in [3.63, 3.8) is 0 Å². The van der Waals surface area contributed by atoms with Gasteiger partial charge in [-0.3, -0.25) is 9.69 Å². The maximum atomic E-state index is 12.3. The van der Waals surface area contributed by atoms with Gasteiger partial charge in [0.2, 0.25) is 5.91 Å². The molecule has 2 N–H and O–H groups in total. The highest BCUT2D eigenvalue weighted by molar-refractivity contribution is 5.87. The van der Waals surface area contributed by atoms with Gasteiger partial charge in [0.25, 0.3) is 0 Å². The lowest BCUT2D eigenvalue weighted by Crippen LogP contribution is -2.44. The van der Waals surface area contributed by atoms with Crippen LogP contribution < -0.4 is 5.32 Å². The number of β-amino-alcohol motifs (C(OH)–C–C–N with tert-alkyl or cyclic N) is 1. The van der Waals surface area contributed by atoms with Crippen LogP contribution in [0.15, 0.2) is 42.5 Å². The lowest BCUT2D eigenvalue weighted by atomic mass is 9.99. The number of amides is 1. The summed E-state index contributed by atoms with van der Waals surface area (Å²) in [6, 6.07) is 14.4. The van der Waals surface area contributed by atoms with Crippen LogP contribution in [0.5, 0.6) is 0 Å². The van der Waals surface area contributed by atoms with E-state index in [-0.39, 0.29) is 18.1 Å². The van der Waals surface area contributed by atoms with Gasteiger partial charge in [0.1, 0.15) is 0 Å². The van der Waals surface area contributed by atoms with E-state index in [0.29, 0.717) is 13.1 Å². The SMILES string of the molecule is CC(NC(=O)CN1CCCC(O)C1)c1cccc2ccccc12. The van der Waals surface area contributed by atoms with Crippen LogP contribution in [0.2, 0.25) is 0 Å². The van der Waals surface area contributed by atoms with Crippen LogP contribution in [0.25, 0.3) is 10.8 Å². The molecular formula is C19H24N2O2. The molecule has 1 aliphatic heterocycles. The largest absolute Gasteiger partial charge is 0.392 e. The van der Waals surface area contributed by atoms with E-state index in [2.05, 4.69) is 29.6 Å². The summed E-state index contributed by atoms with van der Waals surface area (Å²) < 4.78 is 0. The number of fused-ring (bicyclic) bond motifs is 1. The second kappa shape index (κ2) is 7.11. The molecule has 4 nitrogen and oxygen atoms in total. The number of carbonyl (C=O) groups is 1. The van der Waals surface area contributed by atoms with E-state index in [1.54, 1.807) is 0 Å². The number of carbonyl (C=O) groups excluding carboxylic acids is 1. The molecule has 1 saturated heterocycles. The summed E-state index contributed by atoms with van der Waals surface area (Å²) in [7, 11) is 0. The number of hydrogen-bond acceptors (Lipinski definition) is 3. The van der Waals surface area contributed by atoms with E-state index in [1.165, 1.54) is 10.8 Å². The first-order chi connectivity index (χ1) is 11.1. The summed E-state index contributed by atoms with van der Waals surface area (Å²) in [4.78, 5) is 14.3. The van der Waals surface area contributed by atoms with Crippen LogP contribution in [-0.2, 0) is 4.79 Å². The molecule has 122 valence electrons. The van der Waals surface area contributed by atoms with Crippen molar-refractivity contribution in [1.82, 2.24) is 10.2 Å². The smallest absolute Gasteiger partial charge is 0.234 e.